The molecular weight excluding hydrogens is 367 g/mol. The van der Waals surface area contributed by atoms with E-state index >= 15 is 0 Å². The van der Waals surface area contributed by atoms with Gasteiger partial charge in [0.05, 0.1) is 0 Å². The maximum absolute atomic E-state index is 0. The van der Waals surface area contributed by atoms with Gasteiger partial charge in [0, 0.05) is 52.7 Å². The first-order chi connectivity index (χ1) is 0. The van der Waals surface area contributed by atoms with E-state index in [9.17, 15) is 0 Å². The molecule has 0 amide bonds. The number of hydrogen-bond donors (Lipinski definition) is 0. The van der Waals surface area contributed by atoms with Crippen LogP contribution in [0, 0.1) is 35.6 Å². The summed E-state index contributed by atoms with van der Waals surface area (Å²) < 4.78 is 0. The molecule has 4 heavy (non-hydrogen) atoms. The SMILES string of the molecule is [AlH3].[Ba+2].[Cu].[H-].[H-].[La]. The van der Waals surface area contributed by atoms with Crippen molar-refractivity contribution in [2.24, 2.45) is 0 Å². The first kappa shape index (κ1) is 24.9. The third-order valence-corrected chi connectivity index (χ3v) is 0. The van der Waals surface area contributed by atoms with E-state index in [1.807, 2.05) is 0 Å². The minimum atomic E-state index is 0. The van der Waals surface area contributed by atoms with E-state index in [0.29, 0.717) is 0 Å². The summed E-state index contributed by atoms with van der Waals surface area (Å²) in [5.74, 6) is 0. The van der Waals surface area contributed by atoms with Crippen LogP contribution in [0.1, 0.15) is 2.85 Å². The van der Waals surface area contributed by atoms with Crippen LogP contribution in [0.5, 0.6) is 0 Å². The molecule has 2 radical (unpaired) electrons. The van der Waals surface area contributed by atoms with Gasteiger partial charge < -0.3 is 2.85 Å². The predicted octanol–water partition coefficient (Wildman–Crippen LogP) is -1.34. The van der Waals surface area contributed by atoms with Crippen LogP contribution >= 0.6 is 0 Å². The smallest absolute Gasteiger partial charge is 1.00 e. The molecule has 0 atom stereocenters. The van der Waals surface area contributed by atoms with Gasteiger partial charge in [0.2, 0.25) is 0 Å². The minimum absolute atomic E-state index is 0. The van der Waals surface area contributed by atoms with Gasteiger partial charge in [-0.25, -0.2) is 0 Å². The van der Waals surface area contributed by atoms with Gasteiger partial charge in [0.1, 0.15) is 0 Å². The van der Waals surface area contributed by atoms with Gasteiger partial charge in [-0.2, -0.15) is 0 Å². The Balaban J connectivity index is 0. The average Bonchev–Trinajstić information content (AvgIpc) is 0. The van der Waals surface area contributed by atoms with Gasteiger partial charge in [0.15, 0.2) is 17.4 Å². The van der Waals surface area contributed by atoms with Crippen molar-refractivity contribution >= 4 is 66.2 Å². The molecule has 0 unspecified atom stereocenters. The van der Waals surface area contributed by atoms with E-state index < -0.39 is 0 Å². The van der Waals surface area contributed by atoms with Crippen molar-refractivity contribution in [2.45, 2.75) is 0 Å². The second-order valence-corrected chi connectivity index (χ2v) is 0. The Bertz CT molecular complexity index is 13.5. The first-order valence-electron chi connectivity index (χ1n) is 0. The van der Waals surface area contributed by atoms with E-state index in [2.05, 4.69) is 0 Å². The predicted molar refractivity (Wildman–Crippen MR) is 17.9 cm³/mol. The summed E-state index contributed by atoms with van der Waals surface area (Å²) in [5, 5.41) is 0. The first-order valence-corrected chi connectivity index (χ1v) is 0. The van der Waals surface area contributed by atoms with Crippen molar-refractivity contribution in [1.82, 2.24) is 0 Å². The fourth-order valence-corrected chi connectivity index (χ4v) is 0. The quantitative estimate of drug-likeness (QED) is 0.462. The van der Waals surface area contributed by atoms with Crippen molar-refractivity contribution in [3.63, 3.8) is 0 Å². The van der Waals surface area contributed by atoms with Crippen LogP contribution in [0.25, 0.3) is 0 Å². The molecular formula is H5AlBaCuLa. The Morgan fingerprint density at radius 3 is 1.25 bits per heavy atom. The Labute approximate surface area is 118 Å². The Kier molecular flexibility index (Phi) is 98.7. The zero-order valence-corrected chi connectivity index (χ0v) is 10.6. The third kappa shape index (κ3) is 9.26. The van der Waals surface area contributed by atoms with Crippen LogP contribution in [0.15, 0.2) is 0 Å². The second-order valence-electron chi connectivity index (χ2n) is 0. The van der Waals surface area contributed by atoms with Crippen LogP contribution in [-0.4, -0.2) is 66.2 Å². The van der Waals surface area contributed by atoms with E-state index in [1.54, 1.807) is 0 Å². The molecule has 0 rings (SSSR count). The molecule has 0 spiro atoms. The fraction of sp³-hybridized carbons (Fsp3) is 0. The monoisotopic (exact) mass is 372 g/mol. The van der Waals surface area contributed by atoms with Crippen molar-refractivity contribution in [1.29, 1.82) is 0 Å². The summed E-state index contributed by atoms with van der Waals surface area (Å²) in [4.78, 5) is 0. The topological polar surface area (TPSA) is 0 Å². The van der Waals surface area contributed by atoms with Crippen molar-refractivity contribution in [3.05, 3.63) is 0 Å². The molecule has 0 aromatic rings. The van der Waals surface area contributed by atoms with Crippen LogP contribution < -0.4 is 0 Å². The van der Waals surface area contributed by atoms with Gasteiger partial charge in [-0.1, -0.05) is 0 Å². The van der Waals surface area contributed by atoms with Gasteiger partial charge in [-0.3, -0.25) is 0 Å². The Morgan fingerprint density at radius 2 is 1.25 bits per heavy atom. The Hall–Kier alpha value is 3.82. The van der Waals surface area contributed by atoms with Crippen LogP contribution in [0.4, 0.5) is 0 Å². The molecule has 0 bridgehead atoms. The average molecular weight is 372 g/mol. The van der Waals surface area contributed by atoms with Gasteiger partial charge in [0.25, 0.3) is 0 Å². The van der Waals surface area contributed by atoms with Crippen LogP contribution in [0.3, 0.4) is 0 Å². The maximum atomic E-state index is 0. The van der Waals surface area contributed by atoms with Crippen molar-refractivity contribution in [3.8, 4) is 0 Å². The summed E-state index contributed by atoms with van der Waals surface area (Å²) in [5.41, 5.74) is 0. The molecule has 0 aliphatic rings. The largest absolute Gasteiger partial charge is 2.00 e. The minimum Gasteiger partial charge on any atom is -1.00 e. The van der Waals surface area contributed by atoms with Crippen molar-refractivity contribution < 1.29 is 55.5 Å². The van der Waals surface area contributed by atoms with Crippen molar-refractivity contribution in [2.75, 3.05) is 0 Å². The number of hydrogen-bond acceptors (Lipinski definition) is 0. The summed E-state index contributed by atoms with van der Waals surface area (Å²) in [6.07, 6.45) is 0. The van der Waals surface area contributed by atoms with Gasteiger partial charge >= 0.3 is 48.9 Å². The van der Waals surface area contributed by atoms with Gasteiger partial charge in [-0.05, 0) is 0 Å². The summed E-state index contributed by atoms with van der Waals surface area (Å²) in [7, 11) is 0. The molecule has 0 N–H and O–H groups in total. The molecule has 0 aromatic carbocycles. The molecule has 0 aliphatic heterocycles. The van der Waals surface area contributed by atoms with E-state index in [1.165, 1.54) is 0 Å². The summed E-state index contributed by atoms with van der Waals surface area (Å²) in [6, 6.07) is 0. The maximum Gasteiger partial charge on any atom is 2.00 e. The molecule has 0 nitrogen and oxygen atoms in total. The third-order valence-electron chi connectivity index (χ3n) is 0. The van der Waals surface area contributed by atoms with Crippen LogP contribution in [0.2, 0.25) is 0 Å². The zero-order valence-electron chi connectivity index (χ0n) is 3.59. The summed E-state index contributed by atoms with van der Waals surface area (Å²) >= 11 is 0. The van der Waals surface area contributed by atoms with E-state index in [0.717, 1.165) is 0 Å². The molecule has 0 fully saturated rings. The standard InChI is InChI=1S/Al.Ba.Cu.La.5H/q;+2;;;;;;2*-1. The molecule has 0 heterocycles. The summed E-state index contributed by atoms with van der Waals surface area (Å²) in [6.45, 7) is 0. The molecule has 0 aliphatic carbocycles. The number of rotatable bonds is 0. The molecule has 0 saturated carbocycles. The van der Waals surface area contributed by atoms with Gasteiger partial charge in [-0.15, -0.1) is 0 Å². The van der Waals surface area contributed by atoms with E-state index in [4.69, 9.17) is 0 Å². The molecule has 0 saturated heterocycles. The normalized spacial score (nSPS) is 0. The second kappa shape index (κ2) is 15.8. The zero-order chi connectivity index (χ0) is 0. The Morgan fingerprint density at radius 1 is 1.25 bits per heavy atom. The van der Waals surface area contributed by atoms with E-state index in [-0.39, 0.29) is 122 Å². The molecule has 0 aromatic heterocycles. The molecule has 24 valence electrons. The molecule has 4 heteroatoms. The van der Waals surface area contributed by atoms with Crippen LogP contribution in [-0.2, 0) is 17.1 Å². The fourth-order valence-electron chi connectivity index (χ4n) is 0.